The van der Waals surface area contributed by atoms with Crippen LogP contribution in [-0.4, -0.2) is 4.98 Å². The Hall–Kier alpha value is -0.910. The Balaban J connectivity index is 2.93. The minimum Gasteiger partial charge on any atom is -0.409 e. The van der Waals surface area contributed by atoms with E-state index in [1.807, 2.05) is 0 Å². The Morgan fingerprint density at radius 1 is 1.33 bits per heavy atom. The SMILES string of the molecule is FC(F)(F)c1ccc(OS)nc1. The highest BCUT2D eigenvalue weighted by molar-refractivity contribution is 7.75. The lowest BCUT2D eigenvalue weighted by molar-refractivity contribution is -0.137. The summed E-state index contributed by atoms with van der Waals surface area (Å²) in [7, 11) is 0. The van der Waals surface area contributed by atoms with E-state index in [1.54, 1.807) is 0 Å². The molecule has 12 heavy (non-hydrogen) atoms. The van der Waals surface area contributed by atoms with Gasteiger partial charge in [-0.15, -0.1) is 0 Å². The molecule has 1 aromatic heterocycles. The molecule has 0 atom stereocenters. The molecule has 0 unspecified atom stereocenters. The summed E-state index contributed by atoms with van der Waals surface area (Å²) in [5, 5.41) is 0. The minimum absolute atomic E-state index is 0.0336. The Morgan fingerprint density at radius 3 is 2.33 bits per heavy atom. The van der Waals surface area contributed by atoms with Crippen LogP contribution in [0.3, 0.4) is 0 Å². The van der Waals surface area contributed by atoms with E-state index < -0.39 is 11.7 Å². The zero-order chi connectivity index (χ0) is 9.19. The summed E-state index contributed by atoms with van der Waals surface area (Å²) in [6.45, 7) is 0. The lowest BCUT2D eigenvalue weighted by Gasteiger charge is -2.05. The third kappa shape index (κ3) is 2.04. The molecule has 0 bridgehead atoms. The fourth-order valence-corrected chi connectivity index (χ4v) is 0.710. The number of hydrogen-bond acceptors (Lipinski definition) is 3. The second kappa shape index (κ2) is 3.22. The van der Waals surface area contributed by atoms with Gasteiger partial charge in [0.2, 0.25) is 5.88 Å². The van der Waals surface area contributed by atoms with Crippen LogP contribution in [0.25, 0.3) is 0 Å². The summed E-state index contributed by atoms with van der Waals surface area (Å²) in [5.41, 5.74) is -0.809. The van der Waals surface area contributed by atoms with Gasteiger partial charge in [0, 0.05) is 25.2 Å². The van der Waals surface area contributed by atoms with Crippen LogP contribution in [0.5, 0.6) is 5.88 Å². The molecule has 0 aromatic carbocycles. The molecular formula is C6H4F3NOS. The predicted molar refractivity (Wildman–Crippen MR) is 38.9 cm³/mol. The van der Waals surface area contributed by atoms with Gasteiger partial charge in [-0.25, -0.2) is 4.98 Å². The molecule has 0 saturated heterocycles. The predicted octanol–water partition coefficient (Wildman–Crippen LogP) is 2.32. The number of aromatic nitrogens is 1. The zero-order valence-corrected chi connectivity index (χ0v) is 6.56. The maximum Gasteiger partial charge on any atom is 0.417 e. The molecule has 1 rings (SSSR count). The molecule has 0 aliphatic rings. The Labute approximate surface area is 72.0 Å². The van der Waals surface area contributed by atoms with Crippen LogP contribution < -0.4 is 4.18 Å². The van der Waals surface area contributed by atoms with Crippen LogP contribution in [0.4, 0.5) is 13.2 Å². The maximum atomic E-state index is 11.9. The van der Waals surface area contributed by atoms with Gasteiger partial charge in [-0.2, -0.15) is 13.2 Å². The van der Waals surface area contributed by atoms with E-state index in [4.69, 9.17) is 0 Å². The maximum absolute atomic E-state index is 11.9. The van der Waals surface area contributed by atoms with Gasteiger partial charge in [0.25, 0.3) is 0 Å². The number of thiol groups is 1. The second-order valence-corrected chi connectivity index (χ2v) is 2.16. The van der Waals surface area contributed by atoms with Gasteiger partial charge in [-0.3, -0.25) is 0 Å². The first-order chi connectivity index (χ1) is 5.54. The van der Waals surface area contributed by atoms with E-state index in [0.29, 0.717) is 6.20 Å². The molecule has 0 aliphatic heterocycles. The van der Waals surface area contributed by atoms with Crippen molar-refractivity contribution in [1.29, 1.82) is 0 Å². The van der Waals surface area contributed by atoms with E-state index in [2.05, 4.69) is 22.1 Å². The molecule has 0 radical (unpaired) electrons. The molecule has 0 aliphatic carbocycles. The molecule has 0 N–H and O–H groups in total. The Kier molecular flexibility index (Phi) is 2.46. The number of pyridine rings is 1. The highest BCUT2D eigenvalue weighted by atomic mass is 32.1. The van der Waals surface area contributed by atoms with E-state index in [-0.39, 0.29) is 5.88 Å². The standard InChI is InChI=1S/C6H4F3NOS/c7-6(8,9)4-1-2-5(11-12)10-3-4/h1-3,12H. The van der Waals surface area contributed by atoms with Gasteiger partial charge in [0.15, 0.2) is 0 Å². The quantitative estimate of drug-likeness (QED) is 0.548. The summed E-state index contributed by atoms with van der Waals surface area (Å²) in [4.78, 5) is 3.35. The summed E-state index contributed by atoms with van der Waals surface area (Å²) in [6, 6.07) is 1.97. The third-order valence-electron chi connectivity index (χ3n) is 1.16. The fourth-order valence-electron chi connectivity index (χ4n) is 0.602. The molecule has 1 aromatic rings. The topological polar surface area (TPSA) is 22.1 Å². The largest absolute Gasteiger partial charge is 0.417 e. The van der Waals surface area contributed by atoms with Gasteiger partial charge >= 0.3 is 6.18 Å². The molecule has 66 valence electrons. The monoisotopic (exact) mass is 195 g/mol. The number of halogens is 3. The molecule has 0 amide bonds. The van der Waals surface area contributed by atoms with E-state index in [1.165, 1.54) is 0 Å². The third-order valence-corrected chi connectivity index (χ3v) is 1.34. The van der Waals surface area contributed by atoms with Crippen molar-refractivity contribution in [3.63, 3.8) is 0 Å². The van der Waals surface area contributed by atoms with Crippen molar-refractivity contribution < 1.29 is 17.4 Å². The van der Waals surface area contributed by atoms with Crippen molar-refractivity contribution in [2.24, 2.45) is 0 Å². The fraction of sp³-hybridized carbons (Fsp3) is 0.167. The van der Waals surface area contributed by atoms with Crippen LogP contribution in [-0.2, 0) is 6.18 Å². The van der Waals surface area contributed by atoms with Crippen LogP contribution in [0.1, 0.15) is 5.56 Å². The molecule has 0 fully saturated rings. The van der Waals surface area contributed by atoms with Gasteiger partial charge in [-0.05, 0) is 6.07 Å². The molecule has 2 nitrogen and oxygen atoms in total. The highest BCUT2D eigenvalue weighted by Crippen LogP contribution is 2.29. The highest BCUT2D eigenvalue weighted by Gasteiger charge is 2.30. The van der Waals surface area contributed by atoms with E-state index in [9.17, 15) is 13.2 Å². The zero-order valence-electron chi connectivity index (χ0n) is 5.67. The van der Waals surface area contributed by atoms with Crippen molar-refractivity contribution in [2.75, 3.05) is 0 Å². The Bertz CT molecular complexity index is 258. The summed E-state index contributed by atoms with van der Waals surface area (Å²) in [5.74, 6) is 0.0336. The lowest BCUT2D eigenvalue weighted by Crippen LogP contribution is -2.04. The van der Waals surface area contributed by atoms with Crippen molar-refractivity contribution >= 4 is 12.9 Å². The van der Waals surface area contributed by atoms with Crippen molar-refractivity contribution in [1.82, 2.24) is 4.98 Å². The van der Waals surface area contributed by atoms with Crippen LogP contribution in [0.15, 0.2) is 18.3 Å². The first kappa shape index (κ1) is 9.18. The first-order valence-electron chi connectivity index (χ1n) is 2.88. The molecule has 1 heterocycles. The summed E-state index contributed by atoms with van der Waals surface area (Å²) >= 11 is 3.37. The number of hydrogen-bond donors (Lipinski definition) is 1. The second-order valence-electron chi connectivity index (χ2n) is 1.97. The van der Waals surface area contributed by atoms with Crippen molar-refractivity contribution in [2.45, 2.75) is 6.18 Å². The summed E-state index contributed by atoms with van der Waals surface area (Å²) in [6.07, 6.45) is -3.67. The lowest BCUT2D eigenvalue weighted by atomic mass is 10.3. The molecular weight excluding hydrogens is 191 g/mol. The number of rotatable bonds is 1. The number of alkyl halides is 3. The van der Waals surface area contributed by atoms with Crippen LogP contribution in [0, 0.1) is 0 Å². The van der Waals surface area contributed by atoms with Crippen molar-refractivity contribution in [3.05, 3.63) is 23.9 Å². The Morgan fingerprint density at radius 2 is 2.00 bits per heavy atom. The molecule has 0 saturated carbocycles. The van der Waals surface area contributed by atoms with E-state index in [0.717, 1.165) is 12.1 Å². The first-order valence-corrected chi connectivity index (χ1v) is 3.25. The van der Waals surface area contributed by atoms with Gasteiger partial charge in [-0.1, -0.05) is 0 Å². The van der Waals surface area contributed by atoms with Gasteiger partial charge in [0.1, 0.15) is 0 Å². The number of nitrogens with zero attached hydrogens (tertiary/aromatic N) is 1. The average molecular weight is 195 g/mol. The molecule has 6 heteroatoms. The van der Waals surface area contributed by atoms with Crippen LogP contribution in [0.2, 0.25) is 0 Å². The van der Waals surface area contributed by atoms with E-state index >= 15 is 0 Å². The smallest absolute Gasteiger partial charge is 0.409 e. The van der Waals surface area contributed by atoms with Crippen LogP contribution >= 0.6 is 12.9 Å². The van der Waals surface area contributed by atoms with Crippen molar-refractivity contribution in [3.8, 4) is 5.88 Å². The average Bonchev–Trinajstić information content (AvgIpc) is 2.03. The molecule has 0 spiro atoms. The normalized spacial score (nSPS) is 11.3. The minimum atomic E-state index is -4.36. The van der Waals surface area contributed by atoms with Gasteiger partial charge < -0.3 is 4.18 Å². The van der Waals surface area contributed by atoms with Gasteiger partial charge in [0.05, 0.1) is 5.56 Å². The summed E-state index contributed by atoms with van der Waals surface area (Å²) < 4.78 is 40.1.